The van der Waals surface area contributed by atoms with Crippen molar-refractivity contribution in [2.24, 2.45) is 7.05 Å². The molecule has 0 spiro atoms. The second kappa shape index (κ2) is 8.77. The van der Waals surface area contributed by atoms with E-state index in [1.807, 2.05) is 32.2 Å². The van der Waals surface area contributed by atoms with Crippen molar-refractivity contribution in [2.75, 3.05) is 20.8 Å². The standard InChI is InChI=1S/C22H24FN3O3/c1-5-29-21-15(7-6-8-20(21)28-4)13-25(2)22(27)17-9-16(10-18(23)11-17)19-12-24-14-26(19)3/h6-12,14H,5,13H2,1-4H3. The van der Waals surface area contributed by atoms with Gasteiger partial charge in [0.2, 0.25) is 0 Å². The van der Waals surface area contributed by atoms with Gasteiger partial charge in [-0.15, -0.1) is 0 Å². The average molecular weight is 397 g/mol. The fourth-order valence-corrected chi connectivity index (χ4v) is 3.20. The lowest BCUT2D eigenvalue weighted by molar-refractivity contribution is 0.0783. The molecule has 0 aliphatic heterocycles. The fraction of sp³-hybridized carbons (Fsp3) is 0.273. The second-order valence-electron chi connectivity index (χ2n) is 6.66. The van der Waals surface area contributed by atoms with Crippen molar-refractivity contribution in [2.45, 2.75) is 13.5 Å². The number of ether oxygens (including phenoxy) is 2. The van der Waals surface area contributed by atoms with Crippen LogP contribution in [-0.4, -0.2) is 41.1 Å². The fourth-order valence-electron chi connectivity index (χ4n) is 3.20. The number of benzene rings is 2. The van der Waals surface area contributed by atoms with Crippen LogP contribution in [0, 0.1) is 5.82 Å². The summed E-state index contributed by atoms with van der Waals surface area (Å²) in [4.78, 5) is 18.6. The van der Waals surface area contributed by atoms with Gasteiger partial charge in [-0.2, -0.15) is 0 Å². The zero-order chi connectivity index (χ0) is 21.0. The molecule has 0 fully saturated rings. The lowest BCUT2D eigenvalue weighted by Gasteiger charge is -2.21. The van der Waals surface area contributed by atoms with Gasteiger partial charge in [-0.05, 0) is 31.2 Å². The van der Waals surface area contributed by atoms with Crippen molar-refractivity contribution in [3.05, 3.63) is 65.9 Å². The van der Waals surface area contributed by atoms with Gasteiger partial charge in [0, 0.05) is 37.3 Å². The number of halogens is 1. The lowest BCUT2D eigenvalue weighted by Crippen LogP contribution is -2.26. The molecule has 0 aliphatic carbocycles. The van der Waals surface area contributed by atoms with Crippen LogP contribution < -0.4 is 9.47 Å². The van der Waals surface area contributed by atoms with E-state index in [4.69, 9.17) is 9.47 Å². The normalized spacial score (nSPS) is 10.7. The van der Waals surface area contributed by atoms with Crippen LogP contribution >= 0.6 is 0 Å². The Kier molecular flexibility index (Phi) is 6.16. The molecule has 0 N–H and O–H groups in total. The Labute approximate surface area is 169 Å². The van der Waals surface area contributed by atoms with Crippen molar-refractivity contribution >= 4 is 5.91 Å². The van der Waals surface area contributed by atoms with E-state index in [0.29, 0.717) is 30.2 Å². The average Bonchev–Trinajstić information content (AvgIpc) is 3.14. The molecule has 29 heavy (non-hydrogen) atoms. The third-order valence-electron chi connectivity index (χ3n) is 4.58. The van der Waals surface area contributed by atoms with Gasteiger partial charge in [0.05, 0.1) is 31.9 Å². The van der Waals surface area contributed by atoms with Crippen LogP contribution in [0.1, 0.15) is 22.8 Å². The van der Waals surface area contributed by atoms with E-state index < -0.39 is 5.82 Å². The molecule has 6 nitrogen and oxygen atoms in total. The summed E-state index contributed by atoms with van der Waals surface area (Å²) in [7, 11) is 5.06. The summed E-state index contributed by atoms with van der Waals surface area (Å²) in [6, 6.07) is 9.84. The molecule has 0 unspecified atom stereocenters. The number of carbonyl (C=O) groups is 1. The Morgan fingerprint density at radius 2 is 2.07 bits per heavy atom. The van der Waals surface area contributed by atoms with Crippen molar-refractivity contribution < 1.29 is 18.7 Å². The van der Waals surface area contributed by atoms with Gasteiger partial charge < -0.3 is 18.9 Å². The summed E-state index contributed by atoms with van der Waals surface area (Å²) in [6.45, 7) is 2.66. The number of methoxy groups -OCH3 is 1. The SMILES string of the molecule is CCOc1c(CN(C)C(=O)c2cc(F)cc(-c3cncn3C)c2)cccc1OC. The highest BCUT2D eigenvalue weighted by Crippen LogP contribution is 2.32. The van der Waals surface area contributed by atoms with Crippen LogP contribution in [0.5, 0.6) is 11.5 Å². The number of nitrogens with zero attached hydrogens (tertiary/aromatic N) is 3. The van der Waals surface area contributed by atoms with E-state index in [0.717, 1.165) is 11.3 Å². The Morgan fingerprint density at radius 1 is 1.28 bits per heavy atom. The number of para-hydroxylation sites is 1. The zero-order valence-corrected chi connectivity index (χ0v) is 17.0. The molecular formula is C22H24FN3O3. The van der Waals surface area contributed by atoms with Gasteiger partial charge in [-0.25, -0.2) is 9.37 Å². The third-order valence-corrected chi connectivity index (χ3v) is 4.58. The van der Waals surface area contributed by atoms with Crippen LogP contribution in [0.3, 0.4) is 0 Å². The first kappa shape index (κ1) is 20.4. The number of hydrogen-bond donors (Lipinski definition) is 0. The number of imidazole rings is 1. The van der Waals surface area contributed by atoms with Crippen molar-refractivity contribution in [3.63, 3.8) is 0 Å². The molecule has 0 radical (unpaired) electrons. The summed E-state index contributed by atoms with van der Waals surface area (Å²) in [6.07, 6.45) is 3.27. The van der Waals surface area contributed by atoms with E-state index in [1.165, 1.54) is 17.0 Å². The van der Waals surface area contributed by atoms with E-state index in [-0.39, 0.29) is 11.5 Å². The van der Waals surface area contributed by atoms with Gasteiger partial charge in [-0.3, -0.25) is 4.79 Å². The van der Waals surface area contributed by atoms with Crippen LogP contribution in [0.15, 0.2) is 48.9 Å². The molecule has 0 bridgehead atoms. The molecule has 0 aliphatic rings. The summed E-state index contributed by atoms with van der Waals surface area (Å²) in [5.74, 6) is 0.441. The van der Waals surface area contributed by atoms with Gasteiger partial charge >= 0.3 is 0 Å². The van der Waals surface area contributed by atoms with E-state index in [1.54, 1.807) is 37.3 Å². The maximum atomic E-state index is 14.2. The molecule has 0 atom stereocenters. The minimum atomic E-state index is -0.475. The molecule has 3 rings (SSSR count). The Bertz CT molecular complexity index is 1020. The first-order valence-corrected chi connectivity index (χ1v) is 9.26. The summed E-state index contributed by atoms with van der Waals surface area (Å²) in [5, 5.41) is 0. The molecule has 7 heteroatoms. The van der Waals surface area contributed by atoms with Crippen LogP contribution in [-0.2, 0) is 13.6 Å². The monoisotopic (exact) mass is 397 g/mol. The largest absolute Gasteiger partial charge is 0.493 e. The van der Waals surface area contributed by atoms with Gasteiger partial charge in [0.1, 0.15) is 5.82 Å². The van der Waals surface area contributed by atoms with Crippen molar-refractivity contribution in [3.8, 4) is 22.8 Å². The predicted molar refractivity (Wildman–Crippen MR) is 109 cm³/mol. The van der Waals surface area contributed by atoms with Crippen LogP contribution in [0.2, 0.25) is 0 Å². The summed E-state index contributed by atoms with van der Waals surface area (Å²) >= 11 is 0. The molecule has 0 saturated heterocycles. The smallest absolute Gasteiger partial charge is 0.254 e. The lowest BCUT2D eigenvalue weighted by atomic mass is 10.1. The Balaban J connectivity index is 1.88. The minimum Gasteiger partial charge on any atom is -0.493 e. The molecule has 1 heterocycles. The minimum absolute atomic E-state index is 0.268. The van der Waals surface area contributed by atoms with Crippen molar-refractivity contribution in [1.29, 1.82) is 0 Å². The first-order valence-electron chi connectivity index (χ1n) is 9.26. The number of aromatic nitrogens is 2. The highest BCUT2D eigenvalue weighted by molar-refractivity contribution is 5.95. The number of amides is 1. The van der Waals surface area contributed by atoms with Crippen LogP contribution in [0.25, 0.3) is 11.3 Å². The number of hydrogen-bond acceptors (Lipinski definition) is 4. The van der Waals surface area contributed by atoms with Gasteiger partial charge in [0.25, 0.3) is 5.91 Å². The van der Waals surface area contributed by atoms with Gasteiger partial charge in [0.15, 0.2) is 11.5 Å². The maximum Gasteiger partial charge on any atom is 0.254 e. The Hall–Kier alpha value is -3.35. The number of aryl methyl sites for hydroxylation is 1. The predicted octanol–water partition coefficient (Wildman–Crippen LogP) is 3.91. The molecular weight excluding hydrogens is 373 g/mol. The molecule has 1 amide bonds. The molecule has 1 aromatic heterocycles. The van der Waals surface area contributed by atoms with E-state index in [2.05, 4.69) is 4.98 Å². The second-order valence-corrected chi connectivity index (χ2v) is 6.66. The summed E-state index contributed by atoms with van der Waals surface area (Å²) < 4.78 is 27.1. The van der Waals surface area contributed by atoms with Gasteiger partial charge in [-0.1, -0.05) is 12.1 Å². The molecule has 0 saturated carbocycles. The molecule has 3 aromatic rings. The highest BCUT2D eigenvalue weighted by Gasteiger charge is 2.18. The topological polar surface area (TPSA) is 56.6 Å². The molecule has 152 valence electrons. The number of rotatable bonds is 7. The number of carbonyl (C=O) groups excluding carboxylic acids is 1. The maximum absolute atomic E-state index is 14.2. The third kappa shape index (κ3) is 4.39. The Morgan fingerprint density at radius 3 is 2.72 bits per heavy atom. The zero-order valence-electron chi connectivity index (χ0n) is 17.0. The summed E-state index contributed by atoms with van der Waals surface area (Å²) in [5.41, 5.74) is 2.40. The highest BCUT2D eigenvalue weighted by atomic mass is 19.1. The molecule has 2 aromatic carbocycles. The first-order chi connectivity index (χ1) is 13.9. The van der Waals surface area contributed by atoms with Crippen LogP contribution in [0.4, 0.5) is 4.39 Å². The van der Waals surface area contributed by atoms with E-state index >= 15 is 0 Å². The van der Waals surface area contributed by atoms with Crippen molar-refractivity contribution in [1.82, 2.24) is 14.5 Å². The van der Waals surface area contributed by atoms with E-state index in [9.17, 15) is 9.18 Å². The quantitative estimate of drug-likeness (QED) is 0.607.